The summed E-state index contributed by atoms with van der Waals surface area (Å²) in [6, 6.07) is 57.1. The van der Waals surface area contributed by atoms with E-state index < -0.39 is 0 Å². The maximum atomic E-state index is 5.21. The second-order valence-electron chi connectivity index (χ2n) is 11.6. The van der Waals surface area contributed by atoms with E-state index in [1.165, 1.54) is 31.3 Å². The van der Waals surface area contributed by atoms with Gasteiger partial charge < -0.3 is 0 Å². The van der Waals surface area contributed by atoms with Crippen molar-refractivity contribution in [3.63, 3.8) is 0 Å². The van der Waals surface area contributed by atoms with Crippen LogP contribution in [0.4, 0.5) is 0 Å². The van der Waals surface area contributed by atoms with Crippen molar-refractivity contribution in [2.24, 2.45) is 0 Å². The Morgan fingerprint density at radius 1 is 0.383 bits per heavy atom. The van der Waals surface area contributed by atoms with E-state index in [4.69, 9.17) is 15.0 Å². The molecule has 0 aliphatic rings. The molecule has 0 radical (unpaired) electrons. The minimum Gasteiger partial charge on any atom is -0.248 e. The van der Waals surface area contributed by atoms with Gasteiger partial charge in [-0.1, -0.05) is 140 Å². The summed E-state index contributed by atoms with van der Waals surface area (Å²) in [5.41, 5.74) is 10.4. The Balaban J connectivity index is 1.27. The predicted molar refractivity (Wildman–Crippen MR) is 197 cm³/mol. The van der Waals surface area contributed by atoms with E-state index in [0.29, 0.717) is 5.82 Å². The number of nitrogens with zero attached hydrogens (tertiary/aromatic N) is 3. The van der Waals surface area contributed by atoms with Crippen molar-refractivity contribution in [2.45, 2.75) is 0 Å². The lowest BCUT2D eigenvalue weighted by molar-refractivity contribution is 1.19. The molecule has 0 aliphatic carbocycles. The molecular weight excluding hydrogens is 591 g/mol. The average molecular weight is 618 g/mol. The van der Waals surface area contributed by atoms with Crippen LogP contribution in [0.1, 0.15) is 0 Å². The van der Waals surface area contributed by atoms with Crippen molar-refractivity contribution in [3.05, 3.63) is 164 Å². The molecule has 3 nitrogen and oxygen atoms in total. The maximum Gasteiger partial charge on any atom is 0.160 e. The fourth-order valence-corrected chi connectivity index (χ4v) is 7.74. The summed E-state index contributed by atoms with van der Waals surface area (Å²) < 4.78 is 2.44. The first-order chi connectivity index (χ1) is 23.3. The quantitative estimate of drug-likeness (QED) is 0.193. The van der Waals surface area contributed by atoms with E-state index in [9.17, 15) is 0 Å². The molecule has 0 N–H and O–H groups in total. The van der Waals surface area contributed by atoms with Crippen LogP contribution in [0.25, 0.3) is 87.4 Å². The first kappa shape index (κ1) is 27.3. The lowest BCUT2D eigenvalue weighted by Crippen LogP contribution is -1.96. The van der Waals surface area contributed by atoms with Crippen LogP contribution >= 0.6 is 11.3 Å². The van der Waals surface area contributed by atoms with Crippen molar-refractivity contribution in [1.29, 1.82) is 0 Å². The monoisotopic (exact) mass is 617 g/mol. The molecule has 0 bridgehead atoms. The topological polar surface area (TPSA) is 38.7 Å². The molecule has 220 valence electrons. The van der Waals surface area contributed by atoms with Crippen LogP contribution < -0.4 is 0 Å². The Kier molecular flexibility index (Phi) is 6.65. The zero-order valence-electron chi connectivity index (χ0n) is 25.3. The fraction of sp³-hybridized carbons (Fsp3) is 0. The number of para-hydroxylation sites is 1. The summed E-state index contributed by atoms with van der Waals surface area (Å²) in [7, 11) is 0. The zero-order valence-corrected chi connectivity index (χ0v) is 26.2. The largest absolute Gasteiger partial charge is 0.248 e. The molecule has 0 saturated heterocycles. The summed E-state index contributed by atoms with van der Waals surface area (Å²) in [4.78, 5) is 15.4. The van der Waals surface area contributed by atoms with E-state index in [1.807, 2.05) is 35.6 Å². The molecule has 6 aromatic carbocycles. The van der Waals surface area contributed by atoms with Gasteiger partial charge in [0.25, 0.3) is 0 Å². The number of aromatic nitrogens is 3. The van der Waals surface area contributed by atoms with Crippen LogP contribution in [0.2, 0.25) is 0 Å². The number of rotatable bonds is 5. The minimum atomic E-state index is 0.716. The van der Waals surface area contributed by atoms with Crippen molar-refractivity contribution in [1.82, 2.24) is 15.0 Å². The van der Waals surface area contributed by atoms with Gasteiger partial charge in [0, 0.05) is 47.8 Å². The van der Waals surface area contributed by atoms with Crippen LogP contribution in [0.3, 0.4) is 0 Å². The third-order valence-corrected chi connectivity index (χ3v) is 9.91. The SMILES string of the molecule is c1ccc(-c2cc(-c3cccc4sc5c(-c6cc(-c7ccccc7)c7ccccc7n6)cccc5c34)nc(-c3ccccc3)n2)cc1. The second-order valence-corrected chi connectivity index (χ2v) is 12.6. The number of pyridine rings is 1. The van der Waals surface area contributed by atoms with E-state index in [0.717, 1.165) is 50.2 Å². The standard InChI is InChI=1S/C43H27N3S/c1-4-14-28(15-5-1)35-26-38(44-36-24-11-10-20-31(35)36)33-22-12-23-34-41-32(21-13-25-40(41)47-42(33)34)39-27-37(29-16-6-2-7-17-29)45-43(46-39)30-18-8-3-9-19-30/h1-27H. The van der Waals surface area contributed by atoms with Crippen molar-refractivity contribution >= 4 is 42.4 Å². The van der Waals surface area contributed by atoms with E-state index in [2.05, 4.69) is 140 Å². The number of benzene rings is 6. The van der Waals surface area contributed by atoms with Gasteiger partial charge in [0.2, 0.25) is 0 Å². The highest BCUT2D eigenvalue weighted by atomic mass is 32.1. The van der Waals surface area contributed by atoms with Gasteiger partial charge in [-0.2, -0.15) is 0 Å². The first-order valence-electron chi connectivity index (χ1n) is 15.7. The van der Waals surface area contributed by atoms with Gasteiger partial charge in [0.15, 0.2) is 5.82 Å². The van der Waals surface area contributed by atoms with Crippen LogP contribution in [0.5, 0.6) is 0 Å². The van der Waals surface area contributed by atoms with E-state index >= 15 is 0 Å². The third-order valence-electron chi connectivity index (χ3n) is 8.70. The van der Waals surface area contributed by atoms with Crippen LogP contribution in [0.15, 0.2) is 164 Å². The van der Waals surface area contributed by atoms with Gasteiger partial charge in [-0.3, -0.25) is 0 Å². The predicted octanol–water partition coefficient (Wildman–Crippen LogP) is 11.7. The van der Waals surface area contributed by atoms with Gasteiger partial charge in [0.05, 0.1) is 22.6 Å². The lowest BCUT2D eigenvalue weighted by Gasteiger charge is -2.11. The molecule has 9 aromatic rings. The van der Waals surface area contributed by atoms with Gasteiger partial charge in [0.1, 0.15) is 0 Å². The Bertz CT molecular complexity index is 2500. The number of fused-ring (bicyclic) bond motifs is 4. The smallest absolute Gasteiger partial charge is 0.160 e. The Labute approximate surface area is 276 Å². The van der Waals surface area contributed by atoms with Gasteiger partial charge in [-0.05, 0) is 35.4 Å². The highest BCUT2D eigenvalue weighted by molar-refractivity contribution is 7.26. The molecular formula is C43H27N3S. The molecule has 0 saturated carbocycles. The Hall–Kier alpha value is -5.97. The molecule has 0 fully saturated rings. The minimum absolute atomic E-state index is 0.716. The molecule has 0 unspecified atom stereocenters. The lowest BCUT2D eigenvalue weighted by atomic mass is 9.97. The van der Waals surface area contributed by atoms with Crippen molar-refractivity contribution < 1.29 is 0 Å². The summed E-state index contributed by atoms with van der Waals surface area (Å²) in [5.74, 6) is 0.716. The Morgan fingerprint density at radius 3 is 1.77 bits per heavy atom. The van der Waals surface area contributed by atoms with Crippen molar-refractivity contribution in [3.8, 4) is 56.3 Å². The molecule has 0 spiro atoms. The number of hydrogen-bond donors (Lipinski definition) is 0. The summed E-state index contributed by atoms with van der Waals surface area (Å²) in [6.45, 7) is 0. The van der Waals surface area contributed by atoms with Gasteiger partial charge in [-0.25, -0.2) is 15.0 Å². The maximum absolute atomic E-state index is 5.21. The summed E-state index contributed by atoms with van der Waals surface area (Å²) >= 11 is 1.82. The van der Waals surface area contributed by atoms with Crippen LogP contribution in [0, 0.1) is 0 Å². The highest BCUT2D eigenvalue weighted by Crippen LogP contribution is 2.44. The average Bonchev–Trinajstić information content (AvgIpc) is 3.54. The molecule has 47 heavy (non-hydrogen) atoms. The number of thiophene rings is 1. The highest BCUT2D eigenvalue weighted by Gasteiger charge is 2.18. The van der Waals surface area contributed by atoms with Gasteiger partial charge in [-0.15, -0.1) is 11.3 Å². The van der Waals surface area contributed by atoms with Crippen LogP contribution in [-0.4, -0.2) is 15.0 Å². The Morgan fingerprint density at radius 2 is 0.979 bits per heavy atom. The molecule has 3 heterocycles. The normalized spacial score (nSPS) is 11.4. The molecule has 9 rings (SSSR count). The number of hydrogen-bond acceptors (Lipinski definition) is 4. The molecule has 0 atom stereocenters. The molecule has 0 aliphatic heterocycles. The molecule has 3 aromatic heterocycles. The van der Waals surface area contributed by atoms with Gasteiger partial charge >= 0.3 is 0 Å². The molecule has 4 heteroatoms. The third kappa shape index (κ3) is 4.87. The van der Waals surface area contributed by atoms with Crippen LogP contribution in [-0.2, 0) is 0 Å². The molecule has 0 amide bonds. The fourth-order valence-electron chi connectivity index (χ4n) is 6.49. The summed E-state index contributed by atoms with van der Waals surface area (Å²) in [5, 5.41) is 3.56. The second kappa shape index (κ2) is 11.4. The zero-order chi connectivity index (χ0) is 31.2. The first-order valence-corrected chi connectivity index (χ1v) is 16.5. The van der Waals surface area contributed by atoms with E-state index in [1.54, 1.807) is 0 Å². The van der Waals surface area contributed by atoms with Crippen molar-refractivity contribution in [2.75, 3.05) is 0 Å². The van der Waals surface area contributed by atoms with E-state index in [-0.39, 0.29) is 0 Å². The summed E-state index contributed by atoms with van der Waals surface area (Å²) in [6.07, 6.45) is 0.